The molecule has 0 radical (unpaired) electrons. The third kappa shape index (κ3) is 3.20. The number of carbonyl (C=O) groups excluding carboxylic acids is 1. The van der Waals surface area contributed by atoms with Gasteiger partial charge in [0.2, 0.25) is 0 Å². The second kappa shape index (κ2) is 6.93. The van der Waals surface area contributed by atoms with Crippen LogP contribution in [0.5, 0.6) is 0 Å². The molecule has 150 valence electrons. The Morgan fingerprint density at radius 1 is 1.14 bits per heavy atom. The van der Waals surface area contributed by atoms with E-state index in [-0.39, 0.29) is 11.7 Å². The van der Waals surface area contributed by atoms with Gasteiger partial charge in [0.1, 0.15) is 5.82 Å². The number of ether oxygens (including phenoxy) is 2. The molecular formula is C22H22FN3O3. The average molecular weight is 395 g/mol. The average Bonchev–Trinajstić information content (AvgIpc) is 3.36. The molecule has 0 saturated carbocycles. The van der Waals surface area contributed by atoms with Crippen LogP contribution < -0.4 is 0 Å². The molecular weight excluding hydrogens is 373 g/mol. The van der Waals surface area contributed by atoms with Gasteiger partial charge in [0.05, 0.1) is 35.7 Å². The molecule has 2 fully saturated rings. The molecule has 2 aliphatic rings. The van der Waals surface area contributed by atoms with Crippen LogP contribution in [0.15, 0.2) is 42.6 Å². The van der Waals surface area contributed by atoms with Crippen LogP contribution in [0.1, 0.15) is 23.2 Å². The van der Waals surface area contributed by atoms with E-state index in [1.54, 1.807) is 17.0 Å². The number of fused-ring (bicyclic) bond motifs is 1. The van der Waals surface area contributed by atoms with E-state index in [1.807, 2.05) is 29.9 Å². The Morgan fingerprint density at radius 3 is 2.59 bits per heavy atom. The molecule has 1 amide bonds. The maximum Gasteiger partial charge on any atom is 0.254 e. The van der Waals surface area contributed by atoms with Gasteiger partial charge in [-0.15, -0.1) is 0 Å². The lowest BCUT2D eigenvalue weighted by Crippen LogP contribution is -2.47. The van der Waals surface area contributed by atoms with Crippen molar-refractivity contribution < 1.29 is 18.7 Å². The Bertz CT molecular complexity index is 1080. The van der Waals surface area contributed by atoms with Gasteiger partial charge in [-0.3, -0.25) is 4.79 Å². The molecule has 2 saturated heterocycles. The maximum atomic E-state index is 14.0. The van der Waals surface area contributed by atoms with Crippen LogP contribution >= 0.6 is 0 Å². The van der Waals surface area contributed by atoms with Gasteiger partial charge in [-0.2, -0.15) is 0 Å². The van der Waals surface area contributed by atoms with Crippen LogP contribution in [0.4, 0.5) is 4.39 Å². The summed E-state index contributed by atoms with van der Waals surface area (Å²) >= 11 is 0. The van der Waals surface area contributed by atoms with Crippen LogP contribution in [0.3, 0.4) is 0 Å². The Morgan fingerprint density at radius 2 is 1.90 bits per heavy atom. The number of likely N-dealkylation sites (tertiary alicyclic amines) is 1. The van der Waals surface area contributed by atoms with Crippen molar-refractivity contribution in [2.45, 2.75) is 18.6 Å². The number of hydrogen-bond acceptors (Lipinski definition) is 4. The van der Waals surface area contributed by atoms with Gasteiger partial charge in [-0.05, 0) is 36.4 Å². The normalized spacial score (nSPS) is 18.6. The van der Waals surface area contributed by atoms with E-state index in [9.17, 15) is 9.18 Å². The van der Waals surface area contributed by atoms with Gasteiger partial charge < -0.3 is 18.9 Å². The molecule has 29 heavy (non-hydrogen) atoms. The van der Waals surface area contributed by atoms with E-state index < -0.39 is 5.79 Å². The highest BCUT2D eigenvalue weighted by Crippen LogP contribution is 2.33. The number of aromatic nitrogens is 2. The second-order valence-corrected chi connectivity index (χ2v) is 7.62. The van der Waals surface area contributed by atoms with Crippen LogP contribution in [-0.4, -0.2) is 52.4 Å². The van der Waals surface area contributed by atoms with Gasteiger partial charge in [0.25, 0.3) is 5.91 Å². The summed E-state index contributed by atoms with van der Waals surface area (Å²) in [5.41, 5.74) is 2.66. The van der Waals surface area contributed by atoms with Crippen molar-refractivity contribution in [1.29, 1.82) is 0 Å². The first kappa shape index (κ1) is 18.3. The third-order valence-electron chi connectivity index (χ3n) is 5.83. The molecule has 1 aromatic carbocycles. The Kier molecular flexibility index (Phi) is 4.37. The number of halogens is 1. The first-order valence-corrected chi connectivity index (χ1v) is 9.84. The number of amides is 1. The van der Waals surface area contributed by atoms with Crippen LogP contribution in [-0.2, 0) is 16.5 Å². The highest BCUT2D eigenvalue weighted by atomic mass is 19.1. The Labute approximate surface area is 167 Å². The Hall–Kier alpha value is -2.77. The van der Waals surface area contributed by atoms with Crippen molar-refractivity contribution in [3.8, 4) is 11.4 Å². The van der Waals surface area contributed by atoms with Crippen LogP contribution in [0.2, 0.25) is 0 Å². The van der Waals surface area contributed by atoms with E-state index in [1.165, 1.54) is 12.1 Å². The number of rotatable bonds is 2. The lowest BCUT2D eigenvalue weighted by atomic mass is 10.0. The maximum absolute atomic E-state index is 14.0. The largest absolute Gasteiger partial charge is 0.349 e. The predicted octanol–water partition coefficient (Wildman–Crippen LogP) is 3.36. The lowest BCUT2D eigenvalue weighted by molar-refractivity contribution is -0.181. The minimum atomic E-state index is -0.544. The number of hydrogen-bond donors (Lipinski definition) is 0. The molecule has 1 spiro atoms. The molecule has 3 aromatic rings. The summed E-state index contributed by atoms with van der Waals surface area (Å²) in [6, 6.07) is 10.0. The van der Waals surface area contributed by atoms with E-state index in [0.717, 1.165) is 5.69 Å². The van der Waals surface area contributed by atoms with Crippen molar-refractivity contribution in [1.82, 2.24) is 14.5 Å². The van der Waals surface area contributed by atoms with Crippen molar-refractivity contribution in [3.63, 3.8) is 0 Å². The number of benzene rings is 1. The van der Waals surface area contributed by atoms with E-state index in [2.05, 4.69) is 4.98 Å². The summed E-state index contributed by atoms with van der Waals surface area (Å²) in [6.45, 7) is 2.28. The molecule has 0 aliphatic carbocycles. The molecule has 6 nitrogen and oxygen atoms in total. The first-order valence-electron chi connectivity index (χ1n) is 9.84. The molecule has 2 aliphatic heterocycles. The van der Waals surface area contributed by atoms with Crippen LogP contribution in [0, 0.1) is 5.82 Å². The fraction of sp³-hybridized carbons (Fsp3) is 0.364. The minimum absolute atomic E-state index is 0.119. The summed E-state index contributed by atoms with van der Waals surface area (Å²) < 4.78 is 27.4. The molecule has 2 aromatic heterocycles. The van der Waals surface area contributed by atoms with Crippen molar-refractivity contribution in [3.05, 3.63) is 54.0 Å². The third-order valence-corrected chi connectivity index (χ3v) is 5.83. The van der Waals surface area contributed by atoms with Crippen molar-refractivity contribution in [2.24, 2.45) is 7.05 Å². The summed E-state index contributed by atoms with van der Waals surface area (Å²) in [5.74, 6) is -1.05. The summed E-state index contributed by atoms with van der Waals surface area (Å²) in [7, 11) is 1.93. The van der Waals surface area contributed by atoms with Gasteiger partial charge in [0, 0.05) is 44.6 Å². The molecule has 0 bridgehead atoms. The molecule has 7 heteroatoms. The van der Waals surface area contributed by atoms with E-state index in [0.29, 0.717) is 61.3 Å². The lowest BCUT2D eigenvalue weighted by Gasteiger charge is -2.37. The second-order valence-electron chi connectivity index (χ2n) is 7.62. The highest BCUT2D eigenvalue weighted by molar-refractivity contribution is 6.07. The first-order chi connectivity index (χ1) is 14.0. The van der Waals surface area contributed by atoms with Gasteiger partial charge in [-0.25, -0.2) is 9.37 Å². The molecule has 0 N–H and O–H groups in total. The van der Waals surface area contributed by atoms with Gasteiger partial charge in [0.15, 0.2) is 5.79 Å². The standard InChI is InChI=1S/C22H22FN3O3/c1-25-8-2-3-20(25)19-14-17(16-13-15(23)4-5-18(16)24-19)21(27)26-9-6-22(7-10-26)28-11-12-29-22/h2-5,8,13-14H,6-7,9-12H2,1H3. The Balaban J connectivity index is 1.53. The zero-order chi connectivity index (χ0) is 20.0. The molecule has 0 unspecified atom stereocenters. The van der Waals surface area contributed by atoms with E-state index in [4.69, 9.17) is 9.47 Å². The number of pyridine rings is 1. The fourth-order valence-corrected chi connectivity index (χ4v) is 4.24. The monoisotopic (exact) mass is 395 g/mol. The summed E-state index contributed by atoms with van der Waals surface area (Å²) in [4.78, 5) is 19.9. The highest BCUT2D eigenvalue weighted by Gasteiger charge is 2.41. The number of nitrogens with zero attached hydrogens (tertiary/aromatic N) is 3. The van der Waals surface area contributed by atoms with Gasteiger partial charge in [-0.1, -0.05) is 0 Å². The SMILES string of the molecule is Cn1cccc1-c1cc(C(=O)N2CCC3(CC2)OCCO3)c2cc(F)ccc2n1. The number of carbonyl (C=O) groups is 1. The fourth-order valence-electron chi connectivity index (χ4n) is 4.24. The van der Waals surface area contributed by atoms with E-state index >= 15 is 0 Å². The van der Waals surface area contributed by atoms with Crippen molar-refractivity contribution in [2.75, 3.05) is 26.3 Å². The molecule has 5 rings (SSSR count). The smallest absolute Gasteiger partial charge is 0.254 e. The summed E-state index contributed by atoms with van der Waals surface area (Å²) in [6.07, 6.45) is 3.21. The minimum Gasteiger partial charge on any atom is -0.349 e. The molecule has 4 heterocycles. The zero-order valence-electron chi connectivity index (χ0n) is 16.2. The number of piperidine rings is 1. The predicted molar refractivity (Wildman–Crippen MR) is 106 cm³/mol. The van der Waals surface area contributed by atoms with Crippen LogP contribution in [0.25, 0.3) is 22.3 Å². The zero-order valence-corrected chi connectivity index (χ0v) is 16.2. The molecule has 0 atom stereocenters. The number of aryl methyl sites for hydroxylation is 1. The van der Waals surface area contributed by atoms with Crippen molar-refractivity contribution >= 4 is 16.8 Å². The summed E-state index contributed by atoms with van der Waals surface area (Å²) in [5, 5.41) is 0.529. The quantitative estimate of drug-likeness (QED) is 0.668. The van der Waals surface area contributed by atoms with Gasteiger partial charge >= 0.3 is 0 Å². The topological polar surface area (TPSA) is 56.6 Å².